The molecule has 2 saturated heterocycles. The fourth-order valence-corrected chi connectivity index (χ4v) is 2.06. The van der Waals surface area contributed by atoms with Gasteiger partial charge in [0.25, 0.3) is 0 Å². The molecule has 2 heterocycles. The van der Waals surface area contributed by atoms with Crippen molar-refractivity contribution >= 4 is 0 Å². The SMILES string of the molecule is CC(C)N1CC2CC1CO2. The molecule has 0 spiro atoms. The third-order valence-corrected chi connectivity index (χ3v) is 2.61. The number of rotatable bonds is 1. The summed E-state index contributed by atoms with van der Waals surface area (Å²) >= 11 is 0. The van der Waals surface area contributed by atoms with Crippen LogP contribution in [0.15, 0.2) is 0 Å². The molecule has 2 nitrogen and oxygen atoms in total. The van der Waals surface area contributed by atoms with Crippen LogP contribution in [0.4, 0.5) is 0 Å². The maximum Gasteiger partial charge on any atom is 0.0718 e. The lowest BCUT2D eigenvalue weighted by Gasteiger charge is -2.30. The standard InChI is InChI=1S/C8H15NO/c1-6(2)9-4-8-3-7(9)5-10-8/h6-8H,3-5H2,1-2H3. The number of morpholine rings is 1. The van der Waals surface area contributed by atoms with Crippen molar-refractivity contribution in [2.24, 2.45) is 0 Å². The molecule has 2 rings (SSSR count). The first-order valence-electron chi connectivity index (χ1n) is 4.14. The van der Waals surface area contributed by atoms with Crippen LogP contribution in [-0.2, 0) is 4.74 Å². The van der Waals surface area contributed by atoms with Crippen LogP contribution < -0.4 is 0 Å². The van der Waals surface area contributed by atoms with E-state index in [-0.39, 0.29) is 0 Å². The summed E-state index contributed by atoms with van der Waals surface area (Å²) in [6.07, 6.45) is 1.84. The molecule has 2 aliphatic heterocycles. The van der Waals surface area contributed by atoms with E-state index in [1.807, 2.05) is 0 Å². The summed E-state index contributed by atoms with van der Waals surface area (Å²) < 4.78 is 5.49. The summed E-state index contributed by atoms with van der Waals surface area (Å²) in [6, 6.07) is 1.45. The number of fused-ring (bicyclic) bond motifs is 2. The number of nitrogens with zero attached hydrogens (tertiary/aromatic N) is 1. The predicted molar refractivity (Wildman–Crippen MR) is 40.0 cm³/mol. The number of likely N-dealkylation sites (tertiary alicyclic amines) is 1. The molecular formula is C8H15NO. The molecule has 0 aromatic heterocycles. The van der Waals surface area contributed by atoms with E-state index in [9.17, 15) is 0 Å². The van der Waals surface area contributed by atoms with Gasteiger partial charge in [-0.2, -0.15) is 0 Å². The molecule has 2 heteroatoms. The molecule has 0 saturated carbocycles. The first-order chi connectivity index (χ1) is 4.77. The maximum atomic E-state index is 5.49. The molecule has 2 unspecified atom stereocenters. The smallest absolute Gasteiger partial charge is 0.0718 e. The van der Waals surface area contributed by atoms with Crippen molar-refractivity contribution in [3.63, 3.8) is 0 Å². The molecule has 2 aliphatic rings. The zero-order chi connectivity index (χ0) is 7.14. The van der Waals surface area contributed by atoms with Gasteiger partial charge in [0, 0.05) is 18.6 Å². The van der Waals surface area contributed by atoms with Gasteiger partial charge >= 0.3 is 0 Å². The average molecular weight is 141 g/mol. The Bertz CT molecular complexity index is 135. The van der Waals surface area contributed by atoms with Crippen LogP contribution in [0, 0.1) is 0 Å². The zero-order valence-electron chi connectivity index (χ0n) is 6.71. The summed E-state index contributed by atoms with van der Waals surface area (Å²) in [7, 11) is 0. The Morgan fingerprint density at radius 2 is 2.30 bits per heavy atom. The molecule has 0 amide bonds. The van der Waals surface area contributed by atoms with Crippen molar-refractivity contribution in [1.82, 2.24) is 4.90 Å². The van der Waals surface area contributed by atoms with E-state index in [0.717, 1.165) is 12.6 Å². The normalized spacial score (nSPS) is 39.9. The maximum absolute atomic E-state index is 5.49. The summed E-state index contributed by atoms with van der Waals surface area (Å²) in [4.78, 5) is 2.55. The summed E-state index contributed by atoms with van der Waals surface area (Å²) in [5.74, 6) is 0. The van der Waals surface area contributed by atoms with E-state index >= 15 is 0 Å². The van der Waals surface area contributed by atoms with Gasteiger partial charge in [-0.05, 0) is 20.3 Å². The highest BCUT2D eigenvalue weighted by molar-refractivity contribution is 4.92. The molecule has 2 bridgehead atoms. The van der Waals surface area contributed by atoms with Gasteiger partial charge in [0.2, 0.25) is 0 Å². The summed E-state index contributed by atoms with van der Waals surface area (Å²) in [5.41, 5.74) is 0. The molecule has 2 fully saturated rings. The topological polar surface area (TPSA) is 12.5 Å². The van der Waals surface area contributed by atoms with Crippen molar-refractivity contribution in [2.45, 2.75) is 38.5 Å². The van der Waals surface area contributed by atoms with Gasteiger partial charge in [0.1, 0.15) is 0 Å². The van der Waals surface area contributed by atoms with E-state index in [1.54, 1.807) is 0 Å². The monoisotopic (exact) mass is 141 g/mol. The molecule has 2 atom stereocenters. The Balaban J connectivity index is 2.02. The van der Waals surface area contributed by atoms with E-state index < -0.39 is 0 Å². The van der Waals surface area contributed by atoms with Gasteiger partial charge in [0.05, 0.1) is 12.7 Å². The molecule has 0 radical (unpaired) electrons. The first kappa shape index (κ1) is 6.62. The first-order valence-corrected chi connectivity index (χ1v) is 4.14. The van der Waals surface area contributed by atoms with Crippen LogP contribution in [-0.4, -0.2) is 36.2 Å². The highest BCUT2D eigenvalue weighted by Crippen LogP contribution is 2.28. The lowest BCUT2D eigenvalue weighted by Crippen LogP contribution is -2.41. The van der Waals surface area contributed by atoms with Crippen molar-refractivity contribution in [1.29, 1.82) is 0 Å². The van der Waals surface area contributed by atoms with Crippen LogP contribution in [0.25, 0.3) is 0 Å². The van der Waals surface area contributed by atoms with E-state index in [4.69, 9.17) is 4.74 Å². The van der Waals surface area contributed by atoms with Crippen molar-refractivity contribution in [3.05, 3.63) is 0 Å². The zero-order valence-corrected chi connectivity index (χ0v) is 6.71. The highest BCUT2D eigenvalue weighted by Gasteiger charge is 2.39. The van der Waals surface area contributed by atoms with Crippen molar-refractivity contribution < 1.29 is 4.74 Å². The number of hydrogen-bond acceptors (Lipinski definition) is 2. The second kappa shape index (κ2) is 2.21. The van der Waals surface area contributed by atoms with Crippen LogP contribution in [0.1, 0.15) is 20.3 Å². The molecule has 10 heavy (non-hydrogen) atoms. The minimum atomic E-state index is 0.562. The fourth-order valence-electron chi connectivity index (χ4n) is 2.06. The summed E-state index contributed by atoms with van der Waals surface area (Å²) in [5, 5.41) is 0. The third kappa shape index (κ3) is 0.867. The van der Waals surface area contributed by atoms with Crippen molar-refractivity contribution in [2.75, 3.05) is 13.2 Å². The van der Waals surface area contributed by atoms with Crippen LogP contribution >= 0.6 is 0 Å². The lowest BCUT2D eigenvalue weighted by atomic mass is 10.2. The van der Waals surface area contributed by atoms with Gasteiger partial charge in [-0.15, -0.1) is 0 Å². The largest absolute Gasteiger partial charge is 0.375 e. The molecule has 0 aliphatic carbocycles. The second-order valence-electron chi connectivity index (χ2n) is 3.64. The fraction of sp³-hybridized carbons (Fsp3) is 1.00. The highest BCUT2D eigenvalue weighted by atomic mass is 16.5. The van der Waals surface area contributed by atoms with Gasteiger partial charge in [-0.3, -0.25) is 4.90 Å². The quantitative estimate of drug-likeness (QED) is 0.537. The minimum absolute atomic E-state index is 0.562. The van der Waals surface area contributed by atoms with Crippen molar-refractivity contribution in [3.8, 4) is 0 Å². The van der Waals surface area contributed by atoms with Gasteiger partial charge in [-0.25, -0.2) is 0 Å². The minimum Gasteiger partial charge on any atom is -0.375 e. The number of ether oxygens (including phenoxy) is 1. The average Bonchev–Trinajstić information content (AvgIpc) is 2.44. The van der Waals surface area contributed by atoms with E-state index in [1.165, 1.54) is 13.0 Å². The molecule has 58 valence electrons. The predicted octanol–water partition coefficient (Wildman–Crippen LogP) is 0.868. The Labute approximate surface area is 62.2 Å². The van der Waals surface area contributed by atoms with Crippen LogP contribution in [0.5, 0.6) is 0 Å². The van der Waals surface area contributed by atoms with E-state index in [0.29, 0.717) is 12.1 Å². The Hall–Kier alpha value is -0.0800. The number of hydrogen-bond donors (Lipinski definition) is 0. The van der Waals surface area contributed by atoms with Gasteiger partial charge in [0.15, 0.2) is 0 Å². The molecule has 0 aromatic carbocycles. The molecular weight excluding hydrogens is 126 g/mol. The summed E-state index contributed by atoms with van der Waals surface area (Å²) in [6.45, 7) is 6.67. The van der Waals surface area contributed by atoms with Crippen LogP contribution in [0.2, 0.25) is 0 Å². The third-order valence-electron chi connectivity index (χ3n) is 2.61. The van der Waals surface area contributed by atoms with Gasteiger partial charge in [-0.1, -0.05) is 0 Å². The van der Waals surface area contributed by atoms with Gasteiger partial charge < -0.3 is 4.74 Å². The second-order valence-corrected chi connectivity index (χ2v) is 3.64. The van der Waals surface area contributed by atoms with E-state index in [2.05, 4.69) is 18.7 Å². The molecule has 0 aromatic rings. The van der Waals surface area contributed by atoms with Crippen LogP contribution in [0.3, 0.4) is 0 Å². The molecule has 0 N–H and O–H groups in total. The lowest BCUT2D eigenvalue weighted by molar-refractivity contribution is 0.0179. The Morgan fingerprint density at radius 3 is 2.60 bits per heavy atom. The Kier molecular flexibility index (Phi) is 1.46. The Morgan fingerprint density at radius 1 is 1.50 bits per heavy atom.